The minimum Gasteiger partial charge on any atom is -0.464 e. The third-order valence-electron chi connectivity index (χ3n) is 3.40. The van der Waals surface area contributed by atoms with Gasteiger partial charge in [-0.05, 0) is 25.7 Å². The Morgan fingerprint density at radius 3 is 2.25 bits per heavy atom. The van der Waals surface area contributed by atoms with Crippen molar-refractivity contribution in [2.24, 2.45) is 0 Å². The SMILES string of the molecule is CCCCCCCCC(O)C(=O)OCCCCCCO. The van der Waals surface area contributed by atoms with Crippen molar-refractivity contribution in [1.82, 2.24) is 0 Å². The number of aliphatic hydroxyl groups is 2. The Morgan fingerprint density at radius 1 is 0.950 bits per heavy atom. The summed E-state index contributed by atoms with van der Waals surface area (Å²) in [7, 11) is 0. The van der Waals surface area contributed by atoms with E-state index >= 15 is 0 Å². The summed E-state index contributed by atoms with van der Waals surface area (Å²) in [5.74, 6) is -0.485. The van der Waals surface area contributed by atoms with E-state index in [4.69, 9.17) is 9.84 Å². The molecule has 0 aromatic carbocycles. The van der Waals surface area contributed by atoms with E-state index in [0.29, 0.717) is 13.0 Å². The quantitative estimate of drug-likeness (QED) is 0.380. The number of rotatable bonds is 14. The van der Waals surface area contributed by atoms with Gasteiger partial charge in [0, 0.05) is 6.61 Å². The van der Waals surface area contributed by atoms with Crippen LogP contribution in [0.1, 0.15) is 77.6 Å². The summed E-state index contributed by atoms with van der Waals surface area (Å²) in [6.07, 6.45) is 9.93. The lowest BCUT2D eigenvalue weighted by atomic mass is 10.1. The van der Waals surface area contributed by atoms with Gasteiger partial charge < -0.3 is 14.9 Å². The Balaban J connectivity index is 3.37. The zero-order valence-electron chi connectivity index (χ0n) is 13.0. The van der Waals surface area contributed by atoms with Gasteiger partial charge in [0.2, 0.25) is 0 Å². The first-order valence-corrected chi connectivity index (χ1v) is 8.18. The van der Waals surface area contributed by atoms with Crippen LogP contribution in [0, 0.1) is 0 Å². The minimum absolute atomic E-state index is 0.219. The summed E-state index contributed by atoms with van der Waals surface area (Å²) >= 11 is 0. The highest BCUT2D eigenvalue weighted by atomic mass is 16.5. The maximum Gasteiger partial charge on any atom is 0.334 e. The van der Waals surface area contributed by atoms with Crippen molar-refractivity contribution in [3.63, 3.8) is 0 Å². The topological polar surface area (TPSA) is 66.8 Å². The molecule has 0 spiro atoms. The Labute approximate surface area is 123 Å². The molecule has 0 saturated carbocycles. The maximum absolute atomic E-state index is 11.5. The fraction of sp³-hybridized carbons (Fsp3) is 0.938. The van der Waals surface area contributed by atoms with Crippen LogP contribution in [0.2, 0.25) is 0 Å². The van der Waals surface area contributed by atoms with Crippen LogP contribution in [0.3, 0.4) is 0 Å². The summed E-state index contributed by atoms with van der Waals surface area (Å²) in [6.45, 7) is 2.78. The standard InChI is InChI=1S/C16H32O4/c1-2-3-4-5-6-9-12-15(18)16(19)20-14-11-8-7-10-13-17/h15,17-18H,2-14H2,1H3. The van der Waals surface area contributed by atoms with Crippen molar-refractivity contribution >= 4 is 5.97 Å². The van der Waals surface area contributed by atoms with Crippen molar-refractivity contribution in [2.75, 3.05) is 13.2 Å². The molecule has 0 saturated heterocycles. The van der Waals surface area contributed by atoms with Crippen LogP contribution in [-0.4, -0.2) is 35.5 Å². The molecule has 0 bridgehead atoms. The number of carbonyl (C=O) groups is 1. The van der Waals surface area contributed by atoms with E-state index < -0.39 is 12.1 Å². The lowest BCUT2D eigenvalue weighted by Gasteiger charge is -2.10. The van der Waals surface area contributed by atoms with Crippen LogP contribution in [0.25, 0.3) is 0 Å². The normalized spacial score (nSPS) is 12.3. The number of hydrogen-bond donors (Lipinski definition) is 2. The number of unbranched alkanes of at least 4 members (excludes halogenated alkanes) is 8. The van der Waals surface area contributed by atoms with Gasteiger partial charge in [-0.3, -0.25) is 0 Å². The molecule has 0 aromatic rings. The van der Waals surface area contributed by atoms with Crippen LogP contribution in [0.15, 0.2) is 0 Å². The zero-order chi connectivity index (χ0) is 15.1. The van der Waals surface area contributed by atoms with E-state index in [9.17, 15) is 9.90 Å². The molecular formula is C16H32O4. The molecule has 0 aromatic heterocycles. The number of esters is 1. The summed E-state index contributed by atoms with van der Waals surface area (Å²) in [5.41, 5.74) is 0. The molecule has 1 unspecified atom stereocenters. The summed E-state index contributed by atoms with van der Waals surface area (Å²) in [6, 6.07) is 0. The van der Waals surface area contributed by atoms with E-state index in [-0.39, 0.29) is 6.61 Å². The molecule has 0 aliphatic carbocycles. The Hall–Kier alpha value is -0.610. The largest absolute Gasteiger partial charge is 0.464 e. The first kappa shape index (κ1) is 19.4. The van der Waals surface area contributed by atoms with Crippen molar-refractivity contribution < 1.29 is 19.7 Å². The third kappa shape index (κ3) is 12.4. The van der Waals surface area contributed by atoms with Crippen molar-refractivity contribution in [1.29, 1.82) is 0 Å². The average Bonchev–Trinajstić information content (AvgIpc) is 2.45. The Morgan fingerprint density at radius 2 is 1.55 bits per heavy atom. The summed E-state index contributed by atoms with van der Waals surface area (Å²) in [4.78, 5) is 11.5. The van der Waals surface area contributed by atoms with Gasteiger partial charge in [-0.15, -0.1) is 0 Å². The second-order valence-electron chi connectivity index (χ2n) is 5.38. The lowest BCUT2D eigenvalue weighted by Crippen LogP contribution is -2.23. The first-order chi connectivity index (χ1) is 9.72. The number of carbonyl (C=O) groups excluding carboxylic acids is 1. The molecule has 20 heavy (non-hydrogen) atoms. The Kier molecular flexibility index (Phi) is 14.3. The molecule has 0 radical (unpaired) electrons. The van der Waals surface area contributed by atoms with Crippen LogP contribution in [0.5, 0.6) is 0 Å². The molecule has 4 nitrogen and oxygen atoms in total. The predicted molar refractivity (Wildman–Crippen MR) is 80.5 cm³/mol. The van der Waals surface area contributed by atoms with Gasteiger partial charge in [0.1, 0.15) is 0 Å². The Bertz CT molecular complexity index is 219. The second-order valence-corrected chi connectivity index (χ2v) is 5.38. The molecular weight excluding hydrogens is 256 g/mol. The van der Waals surface area contributed by atoms with Gasteiger partial charge in [0.15, 0.2) is 6.10 Å². The molecule has 1 atom stereocenters. The van der Waals surface area contributed by atoms with Gasteiger partial charge in [-0.1, -0.05) is 51.9 Å². The summed E-state index contributed by atoms with van der Waals surface area (Å²) in [5, 5.41) is 18.3. The molecule has 0 heterocycles. The smallest absolute Gasteiger partial charge is 0.334 e. The maximum atomic E-state index is 11.5. The van der Waals surface area contributed by atoms with E-state index in [2.05, 4.69) is 6.92 Å². The van der Waals surface area contributed by atoms with Crippen molar-refractivity contribution in [3.8, 4) is 0 Å². The third-order valence-corrected chi connectivity index (χ3v) is 3.40. The van der Waals surface area contributed by atoms with E-state index in [1.807, 2.05) is 0 Å². The fourth-order valence-electron chi connectivity index (χ4n) is 2.07. The van der Waals surface area contributed by atoms with Gasteiger partial charge in [0.05, 0.1) is 6.61 Å². The highest BCUT2D eigenvalue weighted by Gasteiger charge is 2.15. The van der Waals surface area contributed by atoms with E-state index in [1.165, 1.54) is 25.7 Å². The first-order valence-electron chi connectivity index (χ1n) is 8.18. The number of aliphatic hydroxyl groups excluding tert-OH is 2. The van der Waals surface area contributed by atoms with Crippen molar-refractivity contribution in [2.45, 2.75) is 83.7 Å². The second kappa shape index (κ2) is 14.8. The molecule has 0 rings (SSSR count). The molecule has 0 amide bonds. The average molecular weight is 288 g/mol. The monoisotopic (exact) mass is 288 g/mol. The van der Waals surface area contributed by atoms with Gasteiger partial charge >= 0.3 is 5.97 Å². The zero-order valence-corrected chi connectivity index (χ0v) is 13.0. The number of hydrogen-bond acceptors (Lipinski definition) is 4. The number of ether oxygens (including phenoxy) is 1. The predicted octanol–water partition coefficient (Wildman–Crippen LogP) is 3.19. The van der Waals surface area contributed by atoms with E-state index in [0.717, 1.165) is 38.5 Å². The summed E-state index contributed by atoms with van der Waals surface area (Å²) < 4.78 is 5.03. The molecule has 0 aliphatic rings. The molecule has 120 valence electrons. The van der Waals surface area contributed by atoms with Crippen molar-refractivity contribution in [3.05, 3.63) is 0 Å². The molecule has 0 aliphatic heterocycles. The molecule has 4 heteroatoms. The van der Waals surface area contributed by atoms with Crippen LogP contribution in [-0.2, 0) is 9.53 Å². The van der Waals surface area contributed by atoms with Gasteiger partial charge in [-0.2, -0.15) is 0 Å². The van der Waals surface area contributed by atoms with Gasteiger partial charge in [0.25, 0.3) is 0 Å². The van der Waals surface area contributed by atoms with Crippen LogP contribution in [0.4, 0.5) is 0 Å². The minimum atomic E-state index is -0.960. The highest BCUT2D eigenvalue weighted by molar-refractivity contribution is 5.74. The molecule has 0 fully saturated rings. The lowest BCUT2D eigenvalue weighted by molar-refractivity contribution is -0.154. The highest BCUT2D eigenvalue weighted by Crippen LogP contribution is 2.09. The van der Waals surface area contributed by atoms with Gasteiger partial charge in [-0.25, -0.2) is 4.79 Å². The fourth-order valence-corrected chi connectivity index (χ4v) is 2.07. The van der Waals surface area contributed by atoms with Crippen LogP contribution < -0.4 is 0 Å². The van der Waals surface area contributed by atoms with Crippen LogP contribution >= 0.6 is 0 Å². The molecule has 2 N–H and O–H groups in total. The van der Waals surface area contributed by atoms with E-state index in [1.54, 1.807) is 0 Å².